The first-order chi connectivity index (χ1) is 18.5. The van der Waals surface area contributed by atoms with Gasteiger partial charge in [-0.25, -0.2) is 27.6 Å². The maximum absolute atomic E-state index is 13.5. The monoisotopic (exact) mass is 545 g/mol. The molecule has 202 valence electrons. The molecule has 1 saturated heterocycles. The van der Waals surface area contributed by atoms with E-state index in [4.69, 9.17) is 4.98 Å². The first kappa shape index (κ1) is 26.6. The van der Waals surface area contributed by atoms with E-state index in [9.17, 15) is 18.0 Å². The number of fused-ring (bicyclic) bond motifs is 1. The number of benzene rings is 2. The van der Waals surface area contributed by atoms with Crippen molar-refractivity contribution in [1.29, 1.82) is 0 Å². The van der Waals surface area contributed by atoms with Crippen molar-refractivity contribution in [3.63, 3.8) is 0 Å². The van der Waals surface area contributed by atoms with E-state index in [1.165, 1.54) is 8.98 Å². The SMILES string of the molecule is Cc1ccc(S(=O)(=O)n2cc(C(C)C)c3nc(Cc4c(C)cc(N5NCC(=O)NC5=O)cc4C)ccc32)cc1. The number of hydrogen-bond donors (Lipinski definition) is 2. The van der Waals surface area contributed by atoms with Gasteiger partial charge in [0, 0.05) is 18.3 Å². The van der Waals surface area contributed by atoms with E-state index in [1.54, 1.807) is 30.5 Å². The molecule has 0 spiro atoms. The number of imide groups is 1. The third-order valence-corrected chi connectivity index (χ3v) is 8.73. The van der Waals surface area contributed by atoms with Gasteiger partial charge in [0.1, 0.15) is 0 Å². The largest absolute Gasteiger partial charge is 0.343 e. The van der Waals surface area contributed by atoms with Crippen LogP contribution in [0.2, 0.25) is 0 Å². The predicted molar refractivity (Wildman–Crippen MR) is 150 cm³/mol. The highest BCUT2D eigenvalue weighted by Gasteiger charge is 2.26. The van der Waals surface area contributed by atoms with Gasteiger partial charge in [-0.2, -0.15) is 0 Å². The Kier molecular flexibility index (Phi) is 6.77. The van der Waals surface area contributed by atoms with Gasteiger partial charge in [0.15, 0.2) is 0 Å². The molecule has 3 heterocycles. The maximum Gasteiger partial charge on any atom is 0.343 e. The number of amides is 3. The molecular weight excluding hydrogens is 514 g/mol. The number of aromatic nitrogens is 2. The molecule has 2 N–H and O–H groups in total. The van der Waals surface area contributed by atoms with E-state index in [1.807, 2.05) is 58.9 Å². The molecule has 0 radical (unpaired) electrons. The minimum absolute atomic E-state index is 0.0208. The van der Waals surface area contributed by atoms with Crippen LogP contribution in [-0.2, 0) is 21.2 Å². The summed E-state index contributed by atoms with van der Waals surface area (Å²) in [7, 11) is -3.79. The van der Waals surface area contributed by atoms with E-state index in [-0.39, 0.29) is 23.3 Å². The Morgan fingerprint density at radius 1 is 0.974 bits per heavy atom. The lowest BCUT2D eigenvalue weighted by atomic mass is 9.97. The molecule has 3 amide bonds. The highest BCUT2D eigenvalue weighted by molar-refractivity contribution is 7.90. The predicted octanol–water partition coefficient (Wildman–Crippen LogP) is 4.47. The topological polar surface area (TPSA) is 113 Å². The van der Waals surface area contributed by atoms with Gasteiger partial charge in [0.2, 0.25) is 5.91 Å². The van der Waals surface area contributed by atoms with Crippen LogP contribution in [0.3, 0.4) is 0 Å². The highest BCUT2D eigenvalue weighted by atomic mass is 32.2. The lowest BCUT2D eigenvalue weighted by Crippen LogP contribution is -2.59. The Labute approximate surface area is 227 Å². The second-order valence-corrected chi connectivity index (χ2v) is 12.1. The van der Waals surface area contributed by atoms with Crippen molar-refractivity contribution in [3.05, 3.63) is 88.2 Å². The van der Waals surface area contributed by atoms with Crippen LogP contribution in [0, 0.1) is 20.8 Å². The van der Waals surface area contributed by atoms with E-state index in [0.717, 1.165) is 33.5 Å². The molecule has 0 atom stereocenters. The molecule has 2 aromatic carbocycles. The van der Waals surface area contributed by atoms with Crippen molar-refractivity contribution in [2.75, 3.05) is 11.6 Å². The summed E-state index contributed by atoms with van der Waals surface area (Å²) in [6.07, 6.45) is 2.23. The number of rotatable bonds is 6. The number of carbonyl (C=O) groups is 2. The number of carbonyl (C=O) groups excluding carboxylic acids is 2. The second kappa shape index (κ2) is 9.94. The van der Waals surface area contributed by atoms with Crippen LogP contribution in [-0.4, -0.2) is 35.9 Å². The van der Waals surface area contributed by atoms with Crippen molar-refractivity contribution in [3.8, 4) is 0 Å². The number of hydrazine groups is 1. The number of nitrogens with zero attached hydrogens (tertiary/aromatic N) is 3. The number of aryl methyl sites for hydroxylation is 3. The average Bonchev–Trinajstić information content (AvgIpc) is 3.26. The van der Waals surface area contributed by atoms with Crippen LogP contribution in [0.15, 0.2) is 59.6 Å². The average molecular weight is 546 g/mol. The molecule has 0 aliphatic carbocycles. The Hall–Kier alpha value is -4.02. The molecule has 5 rings (SSSR count). The number of nitrogens with one attached hydrogen (secondary N) is 2. The first-order valence-electron chi connectivity index (χ1n) is 12.8. The molecule has 0 bridgehead atoms. The first-order valence-corrected chi connectivity index (χ1v) is 14.2. The summed E-state index contributed by atoms with van der Waals surface area (Å²) >= 11 is 0. The van der Waals surface area contributed by atoms with Crippen molar-refractivity contribution < 1.29 is 18.0 Å². The normalized spacial score (nSPS) is 14.4. The Morgan fingerprint density at radius 3 is 2.26 bits per heavy atom. The van der Waals surface area contributed by atoms with Crippen molar-refractivity contribution in [1.82, 2.24) is 19.7 Å². The van der Waals surface area contributed by atoms with Gasteiger partial charge in [-0.05, 0) is 85.3 Å². The summed E-state index contributed by atoms with van der Waals surface area (Å²) in [5.41, 5.74) is 10.4. The standard InChI is InChI=1S/C29H31N5O4S/c1-17(2)25-16-33(39(37,38)23-9-6-18(3)7-10-23)26-11-8-21(31-28(25)26)14-24-19(4)12-22(13-20(24)5)34-29(36)32-27(35)15-30-34/h6-13,16-17,30H,14-15H2,1-5H3,(H,32,35,36). The minimum atomic E-state index is -3.79. The zero-order valence-corrected chi connectivity index (χ0v) is 23.4. The summed E-state index contributed by atoms with van der Waals surface area (Å²) in [6.45, 7) is 9.94. The van der Waals surface area contributed by atoms with E-state index in [0.29, 0.717) is 23.1 Å². The highest BCUT2D eigenvalue weighted by Crippen LogP contribution is 2.31. The van der Waals surface area contributed by atoms with Crippen molar-refractivity contribution >= 4 is 38.7 Å². The van der Waals surface area contributed by atoms with Gasteiger partial charge in [-0.1, -0.05) is 31.5 Å². The molecule has 1 aliphatic heterocycles. The number of pyridine rings is 1. The molecule has 39 heavy (non-hydrogen) atoms. The molecule has 2 aromatic heterocycles. The van der Waals surface area contributed by atoms with Crippen LogP contribution in [0.25, 0.3) is 11.0 Å². The van der Waals surface area contributed by atoms with Crippen LogP contribution in [0.1, 0.15) is 53.3 Å². The lowest BCUT2D eigenvalue weighted by Gasteiger charge is -2.28. The van der Waals surface area contributed by atoms with Gasteiger partial charge in [-0.3, -0.25) is 15.1 Å². The van der Waals surface area contributed by atoms with Gasteiger partial charge >= 0.3 is 6.03 Å². The smallest absolute Gasteiger partial charge is 0.275 e. The third kappa shape index (κ3) is 4.93. The number of hydrogen-bond acceptors (Lipinski definition) is 6. The molecule has 10 heteroatoms. The zero-order chi connectivity index (χ0) is 28.1. The fraction of sp³-hybridized carbons (Fsp3) is 0.276. The summed E-state index contributed by atoms with van der Waals surface area (Å²) in [6, 6.07) is 13.8. The minimum Gasteiger partial charge on any atom is -0.275 e. The summed E-state index contributed by atoms with van der Waals surface area (Å²) < 4.78 is 28.4. The summed E-state index contributed by atoms with van der Waals surface area (Å²) in [5.74, 6) is -0.299. The lowest BCUT2D eigenvalue weighted by molar-refractivity contribution is -0.119. The Balaban J connectivity index is 1.51. The van der Waals surface area contributed by atoms with Gasteiger partial charge in [0.05, 0.1) is 28.2 Å². The molecule has 4 aromatic rings. The van der Waals surface area contributed by atoms with Gasteiger partial charge in [0.25, 0.3) is 10.0 Å². The molecule has 1 fully saturated rings. The summed E-state index contributed by atoms with van der Waals surface area (Å²) in [5, 5.41) is 3.64. The summed E-state index contributed by atoms with van der Waals surface area (Å²) in [4.78, 5) is 28.9. The molecular formula is C29H31N5O4S. The van der Waals surface area contributed by atoms with Gasteiger partial charge < -0.3 is 0 Å². The van der Waals surface area contributed by atoms with Gasteiger partial charge in [-0.15, -0.1) is 0 Å². The zero-order valence-electron chi connectivity index (χ0n) is 22.6. The van der Waals surface area contributed by atoms with Crippen LogP contribution >= 0.6 is 0 Å². The van der Waals surface area contributed by atoms with Crippen LogP contribution < -0.4 is 15.8 Å². The fourth-order valence-corrected chi connectivity index (χ4v) is 6.26. The second-order valence-electron chi connectivity index (χ2n) is 10.3. The molecule has 1 aliphatic rings. The fourth-order valence-electron chi connectivity index (χ4n) is 4.89. The van der Waals surface area contributed by atoms with E-state index < -0.39 is 16.1 Å². The van der Waals surface area contributed by atoms with Crippen molar-refractivity contribution in [2.45, 2.75) is 51.9 Å². The molecule has 0 saturated carbocycles. The van der Waals surface area contributed by atoms with Crippen LogP contribution in [0.5, 0.6) is 0 Å². The van der Waals surface area contributed by atoms with E-state index >= 15 is 0 Å². The number of urea groups is 1. The maximum atomic E-state index is 13.5. The van der Waals surface area contributed by atoms with Crippen LogP contribution in [0.4, 0.5) is 10.5 Å². The van der Waals surface area contributed by atoms with E-state index in [2.05, 4.69) is 10.7 Å². The Morgan fingerprint density at radius 2 is 1.64 bits per heavy atom. The quantitative estimate of drug-likeness (QED) is 0.370. The van der Waals surface area contributed by atoms with Crippen molar-refractivity contribution in [2.24, 2.45) is 0 Å². The third-order valence-electron chi connectivity index (χ3n) is 7.04. The number of anilines is 1. The molecule has 9 nitrogen and oxygen atoms in total. The molecule has 0 unspecified atom stereocenters. The Bertz CT molecular complexity index is 1700.